The summed E-state index contributed by atoms with van der Waals surface area (Å²) in [6, 6.07) is 4.42. The van der Waals surface area contributed by atoms with E-state index < -0.39 is 17.8 Å². The van der Waals surface area contributed by atoms with Gasteiger partial charge in [-0.25, -0.2) is 4.79 Å². The normalized spacial score (nSPS) is 22.4. The van der Waals surface area contributed by atoms with Gasteiger partial charge in [0.1, 0.15) is 0 Å². The quantitative estimate of drug-likeness (QED) is 0.882. The van der Waals surface area contributed by atoms with Crippen molar-refractivity contribution in [3.63, 3.8) is 0 Å². The average molecular weight is 301 g/mol. The molecule has 1 aromatic rings. The summed E-state index contributed by atoms with van der Waals surface area (Å²) in [5, 5.41) is 2.35. The molecule has 21 heavy (non-hydrogen) atoms. The van der Waals surface area contributed by atoms with Gasteiger partial charge in [0.2, 0.25) is 0 Å². The molecule has 2 rings (SSSR count). The van der Waals surface area contributed by atoms with Crippen LogP contribution in [-0.2, 0) is 6.18 Å². The number of halogens is 3. The number of likely N-dealkylation sites (tertiary alicyclic amines) is 1. The van der Waals surface area contributed by atoms with Crippen molar-refractivity contribution in [3.8, 4) is 0 Å². The number of nitrogens with one attached hydrogen (secondary N) is 1. The van der Waals surface area contributed by atoms with Crippen LogP contribution >= 0.6 is 0 Å². The number of hydrogen-bond donors (Lipinski definition) is 2. The zero-order valence-corrected chi connectivity index (χ0v) is 11.7. The van der Waals surface area contributed by atoms with Gasteiger partial charge in [-0.15, -0.1) is 0 Å². The molecular formula is C14H18F3N3O. The van der Waals surface area contributed by atoms with Crippen LogP contribution in [0.4, 0.5) is 23.7 Å². The summed E-state index contributed by atoms with van der Waals surface area (Å²) in [5.74, 6) is 0. The first-order valence-electron chi connectivity index (χ1n) is 6.67. The van der Waals surface area contributed by atoms with Crippen molar-refractivity contribution in [2.75, 3.05) is 25.0 Å². The van der Waals surface area contributed by atoms with E-state index in [0.717, 1.165) is 12.5 Å². The molecule has 1 heterocycles. The lowest BCUT2D eigenvalue weighted by Gasteiger charge is -2.23. The molecule has 0 aliphatic carbocycles. The Bertz CT molecular complexity index is 532. The molecule has 1 aliphatic heterocycles. The zero-order chi connectivity index (χ0) is 15.7. The Labute approximate surface area is 121 Å². The molecule has 1 fully saturated rings. The lowest BCUT2D eigenvalue weighted by Crippen LogP contribution is -2.37. The lowest BCUT2D eigenvalue weighted by atomic mass is 9.90. The second-order valence-electron chi connectivity index (χ2n) is 5.66. The third kappa shape index (κ3) is 3.47. The van der Waals surface area contributed by atoms with Crippen LogP contribution in [0.25, 0.3) is 0 Å². The summed E-state index contributed by atoms with van der Waals surface area (Å²) in [6.45, 7) is 3.34. The van der Waals surface area contributed by atoms with Gasteiger partial charge in [0.25, 0.3) is 0 Å². The SMILES string of the molecule is CC1(CN)CCN(C(=O)Nc2ccccc2C(F)(F)F)C1. The summed E-state index contributed by atoms with van der Waals surface area (Å²) < 4.78 is 38.6. The number of nitrogens with zero attached hydrogens (tertiary/aromatic N) is 1. The maximum absolute atomic E-state index is 12.9. The van der Waals surface area contributed by atoms with Gasteiger partial charge in [-0.1, -0.05) is 19.1 Å². The van der Waals surface area contributed by atoms with Gasteiger partial charge < -0.3 is 16.0 Å². The number of anilines is 1. The van der Waals surface area contributed by atoms with E-state index in [9.17, 15) is 18.0 Å². The third-order valence-electron chi connectivity index (χ3n) is 3.81. The van der Waals surface area contributed by atoms with Crippen molar-refractivity contribution >= 4 is 11.7 Å². The van der Waals surface area contributed by atoms with Gasteiger partial charge in [0, 0.05) is 13.1 Å². The summed E-state index contributed by atoms with van der Waals surface area (Å²) in [5.41, 5.74) is 4.42. The molecular weight excluding hydrogens is 283 g/mol. The Balaban J connectivity index is 2.11. The molecule has 0 radical (unpaired) electrons. The number of carbonyl (C=O) groups excluding carboxylic acids is 1. The van der Waals surface area contributed by atoms with Crippen LogP contribution in [0.2, 0.25) is 0 Å². The Morgan fingerprint density at radius 1 is 1.43 bits per heavy atom. The van der Waals surface area contributed by atoms with Gasteiger partial charge >= 0.3 is 12.2 Å². The van der Waals surface area contributed by atoms with Crippen LogP contribution in [0.1, 0.15) is 18.9 Å². The van der Waals surface area contributed by atoms with Crippen molar-refractivity contribution in [1.82, 2.24) is 4.90 Å². The highest BCUT2D eigenvalue weighted by Crippen LogP contribution is 2.35. The summed E-state index contributed by atoms with van der Waals surface area (Å²) in [7, 11) is 0. The van der Waals surface area contributed by atoms with Gasteiger partial charge in [-0.2, -0.15) is 13.2 Å². The van der Waals surface area contributed by atoms with E-state index in [4.69, 9.17) is 5.73 Å². The van der Waals surface area contributed by atoms with Gasteiger partial charge in [-0.3, -0.25) is 0 Å². The molecule has 1 atom stereocenters. The molecule has 0 bridgehead atoms. The summed E-state index contributed by atoms with van der Waals surface area (Å²) >= 11 is 0. The zero-order valence-electron chi connectivity index (χ0n) is 11.7. The van der Waals surface area contributed by atoms with Crippen molar-refractivity contribution in [2.45, 2.75) is 19.5 Å². The molecule has 0 aromatic heterocycles. The van der Waals surface area contributed by atoms with Gasteiger partial charge in [-0.05, 0) is 30.5 Å². The van der Waals surface area contributed by atoms with Crippen LogP contribution < -0.4 is 11.1 Å². The topological polar surface area (TPSA) is 58.4 Å². The molecule has 7 heteroatoms. The number of amides is 2. The number of carbonyl (C=O) groups is 1. The fourth-order valence-electron chi connectivity index (χ4n) is 2.40. The van der Waals surface area contributed by atoms with Gasteiger partial charge in [0.15, 0.2) is 0 Å². The predicted molar refractivity (Wildman–Crippen MR) is 73.8 cm³/mol. The van der Waals surface area contributed by atoms with E-state index in [-0.39, 0.29) is 11.1 Å². The van der Waals surface area contributed by atoms with Crippen LogP contribution in [0.3, 0.4) is 0 Å². The molecule has 4 nitrogen and oxygen atoms in total. The molecule has 1 unspecified atom stereocenters. The standard InChI is InChI=1S/C14H18F3N3O/c1-13(8-18)6-7-20(9-13)12(21)19-11-5-3-2-4-10(11)14(15,16)17/h2-5H,6-9,18H2,1H3,(H,19,21). The molecule has 3 N–H and O–H groups in total. The van der Waals surface area contributed by atoms with Crippen molar-refractivity contribution in [1.29, 1.82) is 0 Å². The van der Waals surface area contributed by atoms with E-state index in [1.54, 1.807) is 0 Å². The van der Waals surface area contributed by atoms with Crippen LogP contribution in [-0.4, -0.2) is 30.6 Å². The highest BCUT2D eigenvalue weighted by Gasteiger charge is 2.37. The lowest BCUT2D eigenvalue weighted by molar-refractivity contribution is -0.136. The summed E-state index contributed by atoms with van der Waals surface area (Å²) in [4.78, 5) is 13.6. The Morgan fingerprint density at radius 3 is 2.67 bits per heavy atom. The molecule has 1 aliphatic rings. The molecule has 1 saturated heterocycles. The van der Waals surface area contributed by atoms with Crippen molar-refractivity contribution < 1.29 is 18.0 Å². The maximum atomic E-state index is 12.9. The van der Waals surface area contributed by atoms with Crippen LogP contribution in [0.5, 0.6) is 0 Å². The van der Waals surface area contributed by atoms with E-state index >= 15 is 0 Å². The van der Waals surface area contributed by atoms with Crippen molar-refractivity contribution in [2.24, 2.45) is 11.1 Å². The summed E-state index contributed by atoms with van der Waals surface area (Å²) in [6.07, 6.45) is -3.75. The maximum Gasteiger partial charge on any atom is 0.418 e. The predicted octanol–water partition coefficient (Wildman–Crippen LogP) is 2.91. The highest BCUT2D eigenvalue weighted by molar-refractivity contribution is 5.90. The second-order valence-corrected chi connectivity index (χ2v) is 5.66. The second kappa shape index (κ2) is 5.55. The fraction of sp³-hybridized carbons (Fsp3) is 0.500. The number of benzene rings is 1. The van der Waals surface area contributed by atoms with Gasteiger partial charge in [0.05, 0.1) is 11.3 Å². The molecule has 2 amide bonds. The smallest absolute Gasteiger partial charge is 0.330 e. The fourth-order valence-corrected chi connectivity index (χ4v) is 2.40. The third-order valence-corrected chi connectivity index (χ3v) is 3.81. The first kappa shape index (κ1) is 15.6. The minimum Gasteiger partial charge on any atom is -0.330 e. The largest absolute Gasteiger partial charge is 0.418 e. The first-order valence-corrected chi connectivity index (χ1v) is 6.67. The Kier molecular flexibility index (Phi) is 4.13. The number of urea groups is 1. The number of para-hydroxylation sites is 1. The minimum absolute atomic E-state index is 0.166. The van der Waals surface area contributed by atoms with Crippen LogP contribution in [0.15, 0.2) is 24.3 Å². The Morgan fingerprint density at radius 2 is 2.10 bits per heavy atom. The number of nitrogens with two attached hydrogens (primary N) is 1. The minimum atomic E-state index is -4.50. The molecule has 0 saturated carbocycles. The van der Waals surface area contributed by atoms with Crippen molar-refractivity contribution in [3.05, 3.63) is 29.8 Å². The van der Waals surface area contributed by atoms with E-state index in [2.05, 4.69) is 5.32 Å². The molecule has 1 aromatic carbocycles. The number of alkyl halides is 3. The first-order chi connectivity index (χ1) is 9.75. The van der Waals surface area contributed by atoms with E-state index in [1.807, 2.05) is 6.92 Å². The monoisotopic (exact) mass is 301 g/mol. The number of hydrogen-bond acceptors (Lipinski definition) is 2. The molecule has 116 valence electrons. The van der Waals surface area contributed by atoms with Crippen LogP contribution in [0, 0.1) is 5.41 Å². The molecule has 0 spiro atoms. The van der Waals surface area contributed by atoms with E-state index in [0.29, 0.717) is 19.6 Å². The highest BCUT2D eigenvalue weighted by atomic mass is 19.4. The average Bonchev–Trinajstić information content (AvgIpc) is 2.82. The Hall–Kier alpha value is -1.76. The van der Waals surface area contributed by atoms with E-state index in [1.165, 1.54) is 23.1 Å². The number of rotatable bonds is 2.